The third-order valence-corrected chi connectivity index (χ3v) is 4.57. The summed E-state index contributed by atoms with van der Waals surface area (Å²) in [6.45, 7) is 1.69. The maximum absolute atomic E-state index is 14.4. The van der Waals surface area contributed by atoms with Gasteiger partial charge in [0.2, 0.25) is 0 Å². The summed E-state index contributed by atoms with van der Waals surface area (Å²) in [6, 6.07) is 10.2. The van der Waals surface area contributed by atoms with Crippen LogP contribution in [0.2, 0.25) is 0 Å². The lowest BCUT2D eigenvalue weighted by Crippen LogP contribution is -2.17. The smallest absolute Gasteiger partial charge is 0.371 e. The molecule has 2 aromatic rings. The molecule has 3 rings (SSSR count). The molecule has 1 saturated heterocycles. The Morgan fingerprint density at radius 1 is 1.14 bits per heavy atom. The first-order valence-corrected chi connectivity index (χ1v) is 8.93. The number of amides is 1. The second kappa shape index (κ2) is 8.35. The molecular weight excluding hydrogens is 386 g/mol. The summed E-state index contributed by atoms with van der Waals surface area (Å²) < 4.78 is 52.8. The first kappa shape index (κ1) is 20.4. The van der Waals surface area contributed by atoms with E-state index in [1.165, 1.54) is 18.2 Å². The molecule has 1 heterocycles. The number of nitrogens with zero attached hydrogens (tertiary/aromatic N) is 2. The number of rotatable bonds is 4. The minimum Gasteiger partial charge on any atom is -0.371 e. The number of benzene rings is 2. The van der Waals surface area contributed by atoms with E-state index in [1.807, 2.05) is 4.90 Å². The van der Waals surface area contributed by atoms with E-state index in [1.54, 1.807) is 12.1 Å². The molecule has 1 aliphatic rings. The molecule has 150 valence electrons. The van der Waals surface area contributed by atoms with Gasteiger partial charge in [-0.3, -0.25) is 4.79 Å². The maximum atomic E-state index is 14.4. The third-order valence-electron chi connectivity index (χ3n) is 4.57. The maximum Gasteiger partial charge on any atom is 0.416 e. The van der Waals surface area contributed by atoms with Crippen molar-refractivity contribution >= 4 is 23.4 Å². The molecule has 8 heteroatoms. The number of nitrogens with one attached hydrogen (secondary N) is 1. The zero-order valence-corrected chi connectivity index (χ0v) is 15.3. The van der Waals surface area contributed by atoms with Gasteiger partial charge in [0.05, 0.1) is 5.56 Å². The number of anilines is 2. The van der Waals surface area contributed by atoms with Crippen LogP contribution in [0.5, 0.6) is 0 Å². The van der Waals surface area contributed by atoms with Gasteiger partial charge in [0.1, 0.15) is 17.5 Å². The van der Waals surface area contributed by atoms with Crippen molar-refractivity contribution in [1.29, 1.82) is 5.26 Å². The van der Waals surface area contributed by atoms with Crippen LogP contribution in [0.15, 0.2) is 48.0 Å². The summed E-state index contributed by atoms with van der Waals surface area (Å²) in [5.74, 6) is -1.51. The lowest BCUT2D eigenvalue weighted by atomic mass is 10.1. The lowest BCUT2D eigenvalue weighted by Gasteiger charge is -2.17. The third kappa shape index (κ3) is 4.93. The zero-order valence-electron chi connectivity index (χ0n) is 15.3. The summed E-state index contributed by atoms with van der Waals surface area (Å²) in [6.07, 6.45) is -1.41. The van der Waals surface area contributed by atoms with Gasteiger partial charge in [0, 0.05) is 30.0 Å². The second-order valence-electron chi connectivity index (χ2n) is 6.60. The molecule has 29 heavy (non-hydrogen) atoms. The Bertz CT molecular complexity index is 986. The Hall–Kier alpha value is -3.34. The van der Waals surface area contributed by atoms with E-state index >= 15 is 0 Å². The summed E-state index contributed by atoms with van der Waals surface area (Å²) in [7, 11) is 0. The minimum atomic E-state index is -4.56. The standard InChI is InChI=1S/C21H17F4N3O/c22-19-12-18(28-8-1-2-9-28)7-6-14(19)10-15(13-26)20(29)27-17-5-3-4-16(11-17)21(23,24)25/h3-7,10-12H,1-2,8-9H2,(H,27,29)/b15-10-. The van der Waals surface area contributed by atoms with Crippen molar-refractivity contribution in [2.45, 2.75) is 19.0 Å². The van der Waals surface area contributed by atoms with Crippen LogP contribution in [0.25, 0.3) is 6.08 Å². The number of nitriles is 1. The summed E-state index contributed by atoms with van der Waals surface area (Å²) in [5.41, 5.74) is -0.694. The molecule has 2 aromatic carbocycles. The number of carbonyl (C=O) groups is 1. The highest BCUT2D eigenvalue weighted by Crippen LogP contribution is 2.31. The normalized spacial score (nSPS) is 14.6. The van der Waals surface area contributed by atoms with E-state index in [0.29, 0.717) is 0 Å². The van der Waals surface area contributed by atoms with Gasteiger partial charge in [-0.15, -0.1) is 0 Å². The molecule has 1 fully saturated rings. The van der Waals surface area contributed by atoms with E-state index in [2.05, 4.69) is 5.32 Å². The summed E-state index contributed by atoms with van der Waals surface area (Å²) >= 11 is 0. The van der Waals surface area contributed by atoms with Crippen LogP contribution in [-0.4, -0.2) is 19.0 Å². The van der Waals surface area contributed by atoms with Crippen LogP contribution in [0.1, 0.15) is 24.0 Å². The molecule has 1 N–H and O–H groups in total. The molecular formula is C21H17F4N3O. The first-order valence-electron chi connectivity index (χ1n) is 8.93. The fourth-order valence-electron chi connectivity index (χ4n) is 3.08. The van der Waals surface area contributed by atoms with Gasteiger partial charge in [0.25, 0.3) is 5.91 Å². The molecule has 1 aliphatic heterocycles. The van der Waals surface area contributed by atoms with Crippen molar-refractivity contribution in [2.24, 2.45) is 0 Å². The van der Waals surface area contributed by atoms with E-state index in [0.717, 1.165) is 55.9 Å². The van der Waals surface area contributed by atoms with Crippen LogP contribution >= 0.6 is 0 Å². The molecule has 0 bridgehead atoms. The molecule has 0 unspecified atom stereocenters. The average Bonchev–Trinajstić information content (AvgIpc) is 3.21. The lowest BCUT2D eigenvalue weighted by molar-refractivity contribution is -0.137. The van der Waals surface area contributed by atoms with Gasteiger partial charge >= 0.3 is 6.18 Å². The van der Waals surface area contributed by atoms with Crippen LogP contribution in [0.3, 0.4) is 0 Å². The Balaban J connectivity index is 1.79. The Morgan fingerprint density at radius 3 is 2.48 bits per heavy atom. The van der Waals surface area contributed by atoms with Gasteiger partial charge in [-0.25, -0.2) is 4.39 Å². The number of hydrogen-bond donors (Lipinski definition) is 1. The number of hydrogen-bond acceptors (Lipinski definition) is 3. The Morgan fingerprint density at radius 2 is 1.86 bits per heavy atom. The molecule has 0 radical (unpaired) electrons. The molecule has 0 aromatic heterocycles. The molecule has 0 spiro atoms. The fourth-order valence-corrected chi connectivity index (χ4v) is 3.08. The van der Waals surface area contributed by atoms with Crippen LogP contribution < -0.4 is 10.2 Å². The molecule has 0 aliphatic carbocycles. The topological polar surface area (TPSA) is 56.1 Å². The van der Waals surface area contributed by atoms with E-state index in [4.69, 9.17) is 0 Å². The van der Waals surface area contributed by atoms with Gasteiger partial charge in [-0.05, 0) is 55.3 Å². The van der Waals surface area contributed by atoms with Crippen molar-refractivity contribution in [3.8, 4) is 6.07 Å². The monoisotopic (exact) mass is 403 g/mol. The largest absolute Gasteiger partial charge is 0.416 e. The molecule has 0 saturated carbocycles. The molecule has 1 amide bonds. The van der Waals surface area contributed by atoms with Crippen molar-refractivity contribution in [2.75, 3.05) is 23.3 Å². The van der Waals surface area contributed by atoms with Gasteiger partial charge in [-0.1, -0.05) is 6.07 Å². The van der Waals surface area contributed by atoms with Gasteiger partial charge in [-0.2, -0.15) is 18.4 Å². The predicted octanol–water partition coefficient (Wildman–Crippen LogP) is 4.99. The SMILES string of the molecule is N#C/C(=C/c1ccc(N2CCCC2)cc1F)C(=O)Nc1cccc(C(F)(F)F)c1. The fraction of sp³-hybridized carbons (Fsp3) is 0.238. The highest BCUT2D eigenvalue weighted by Gasteiger charge is 2.30. The highest BCUT2D eigenvalue weighted by atomic mass is 19.4. The Kier molecular flexibility index (Phi) is 5.87. The zero-order chi connectivity index (χ0) is 21.0. The summed E-state index contributed by atoms with van der Waals surface area (Å²) in [4.78, 5) is 14.3. The Labute approximate surface area is 165 Å². The molecule has 0 atom stereocenters. The van der Waals surface area contributed by atoms with Crippen LogP contribution in [0, 0.1) is 17.1 Å². The quantitative estimate of drug-likeness (QED) is 0.445. The van der Waals surface area contributed by atoms with Crippen LogP contribution in [0.4, 0.5) is 28.9 Å². The number of carbonyl (C=O) groups excluding carboxylic acids is 1. The van der Waals surface area contributed by atoms with Crippen molar-refractivity contribution in [3.05, 3.63) is 65.0 Å². The predicted molar refractivity (Wildman–Crippen MR) is 102 cm³/mol. The second-order valence-corrected chi connectivity index (χ2v) is 6.60. The van der Waals surface area contributed by atoms with Crippen LogP contribution in [-0.2, 0) is 11.0 Å². The van der Waals surface area contributed by atoms with E-state index in [-0.39, 0.29) is 11.3 Å². The van der Waals surface area contributed by atoms with Crippen molar-refractivity contribution < 1.29 is 22.4 Å². The van der Waals surface area contributed by atoms with Gasteiger partial charge in [0.15, 0.2) is 0 Å². The average molecular weight is 403 g/mol. The van der Waals surface area contributed by atoms with Crippen molar-refractivity contribution in [3.63, 3.8) is 0 Å². The van der Waals surface area contributed by atoms with Crippen molar-refractivity contribution in [1.82, 2.24) is 0 Å². The minimum absolute atomic E-state index is 0.0451. The highest BCUT2D eigenvalue weighted by molar-refractivity contribution is 6.09. The van der Waals surface area contributed by atoms with E-state index < -0.39 is 29.0 Å². The van der Waals surface area contributed by atoms with Gasteiger partial charge < -0.3 is 10.2 Å². The number of halogens is 4. The summed E-state index contributed by atoms with van der Waals surface area (Å²) in [5, 5.41) is 11.5. The molecule has 4 nitrogen and oxygen atoms in total. The van der Waals surface area contributed by atoms with E-state index in [9.17, 15) is 27.6 Å². The number of alkyl halides is 3. The first-order chi connectivity index (χ1) is 13.8.